The summed E-state index contributed by atoms with van der Waals surface area (Å²) in [5.41, 5.74) is 10.2. The molecule has 1 saturated heterocycles. The topological polar surface area (TPSA) is 106 Å². The molecule has 0 radical (unpaired) electrons. The van der Waals surface area contributed by atoms with E-state index in [1.807, 2.05) is 85.8 Å². The first-order valence-corrected chi connectivity index (χ1v) is 17.5. The molecule has 1 fully saturated rings. The van der Waals surface area contributed by atoms with E-state index in [9.17, 15) is 14.3 Å². The molecule has 266 valence electrons. The van der Waals surface area contributed by atoms with Crippen LogP contribution in [0.2, 0.25) is 0 Å². The number of aliphatic hydroxyl groups excluding tert-OH is 1. The van der Waals surface area contributed by atoms with E-state index in [0.717, 1.165) is 47.2 Å². The number of likely N-dealkylation sites (N-methyl/N-ethyl adjacent to an activating group) is 1. The lowest BCUT2D eigenvalue weighted by molar-refractivity contribution is -0.192. The van der Waals surface area contributed by atoms with Crippen molar-refractivity contribution in [2.75, 3.05) is 26.1 Å². The number of carbonyl (C=O) groups is 1. The Morgan fingerprint density at radius 1 is 0.940 bits per heavy atom. The molecule has 1 heterocycles. The Bertz CT molecular complexity index is 1600. The molecule has 0 spiro atoms. The summed E-state index contributed by atoms with van der Waals surface area (Å²) < 4.78 is 32.0. The molecule has 2 unspecified atom stereocenters. The summed E-state index contributed by atoms with van der Waals surface area (Å²) in [6.07, 6.45) is 1.93. The largest absolute Gasteiger partial charge is 0.497 e. The third-order valence-electron chi connectivity index (χ3n) is 9.70. The summed E-state index contributed by atoms with van der Waals surface area (Å²) in [5.74, 6) is -0.360. The number of aliphatic hydroxyl groups is 1. The van der Waals surface area contributed by atoms with Crippen LogP contribution in [-0.4, -0.2) is 49.0 Å². The van der Waals surface area contributed by atoms with Crippen LogP contribution in [0.4, 0.5) is 10.1 Å². The van der Waals surface area contributed by atoms with Crippen LogP contribution in [0.15, 0.2) is 103 Å². The highest BCUT2D eigenvalue weighted by Crippen LogP contribution is 2.37. The summed E-state index contributed by atoms with van der Waals surface area (Å²) >= 11 is 0. The van der Waals surface area contributed by atoms with Gasteiger partial charge in [-0.05, 0) is 97.7 Å². The number of benzene rings is 4. The molecule has 5 rings (SSSR count). The number of nitrogens with two attached hydrogens (primary N) is 1. The Morgan fingerprint density at radius 2 is 1.62 bits per heavy atom. The molecule has 1 aliphatic heterocycles. The molecule has 1 amide bonds. The molecule has 6 atom stereocenters. The summed E-state index contributed by atoms with van der Waals surface area (Å²) in [5, 5.41) is 15.0. The van der Waals surface area contributed by atoms with Gasteiger partial charge in [-0.3, -0.25) is 4.79 Å². The number of halogens is 1. The molecule has 4 aromatic rings. The maximum atomic E-state index is 14.9. The monoisotopic (exact) mass is 683 g/mol. The highest BCUT2D eigenvalue weighted by Gasteiger charge is 2.36. The number of methoxy groups -OCH3 is 1. The minimum atomic E-state index is -0.888. The molecular weight excluding hydrogens is 633 g/mol. The van der Waals surface area contributed by atoms with Crippen molar-refractivity contribution in [1.29, 1.82) is 0 Å². The number of rotatable bonds is 16. The van der Waals surface area contributed by atoms with Crippen LogP contribution in [0.1, 0.15) is 79.5 Å². The number of hydrogen-bond acceptors (Lipinski definition) is 7. The predicted octanol–water partition coefficient (Wildman–Crippen LogP) is 7.71. The van der Waals surface area contributed by atoms with Crippen molar-refractivity contribution < 1.29 is 28.5 Å². The van der Waals surface area contributed by atoms with Crippen molar-refractivity contribution in [2.45, 2.75) is 76.2 Å². The molecular formula is C41H50FN3O5. The molecule has 0 saturated carbocycles. The number of nitrogens with one attached hydrogen (secondary N) is 1. The number of hydrogen-bond donors (Lipinski definition) is 3. The van der Waals surface area contributed by atoms with E-state index in [1.165, 1.54) is 12.1 Å². The van der Waals surface area contributed by atoms with Gasteiger partial charge in [0.1, 0.15) is 11.6 Å². The highest BCUT2D eigenvalue weighted by atomic mass is 19.1. The van der Waals surface area contributed by atoms with E-state index in [0.29, 0.717) is 31.7 Å². The fourth-order valence-corrected chi connectivity index (χ4v) is 6.50. The predicted molar refractivity (Wildman–Crippen MR) is 194 cm³/mol. The Kier molecular flexibility index (Phi) is 13.4. The number of nitrogens with zero attached hydrogens (tertiary/aromatic N) is 1. The maximum Gasteiger partial charge on any atom is 0.228 e. The average Bonchev–Trinajstić information content (AvgIpc) is 3.17. The van der Waals surface area contributed by atoms with Gasteiger partial charge in [0.05, 0.1) is 37.3 Å². The van der Waals surface area contributed by atoms with Gasteiger partial charge in [0.25, 0.3) is 0 Å². The normalized spacial score (nSPS) is 17.6. The first-order valence-electron chi connectivity index (χ1n) is 17.5. The fraction of sp³-hybridized carbons (Fsp3) is 0.390. The minimum absolute atomic E-state index is 0.133. The van der Waals surface area contributed by atoms with Gasteiger partial charge in [0.2, 0.25) is 5.91 Å². The average molecular weight is 684 g/mol. The second-order valence-corrected chi connectivity index (χ2v) is 13.0. The number of amides is 1. The molecule has 9 heteroatoms. The lowest BCUT2D eigenvalue weighted by atomic mass is 9.85. The van der Waals surface area contributed by atoms with Crippen molar-refractivity contribution in [3.8, 4) is 5.75 Å². The van der Waals surface area contributed by atoms with Gasteiger partial charge in [-0.25, -0.2) is 4.39 Å². The Hall–Kier alpha value is -4.28. The van der Waals surface area contributed by atoms with E-state index >= 15 is 0 Å². The summed E-state index contributed by atoms with van der Waals surface area (Å²) in [6, 6.07) is 30.3. The number of ether oxygens (including phenoxy) is 3. The van der Waals surface area contributed by atoms with Crippen molar-refractivity contribution in [1.82, 2.24) is 4.90 Å². The zero-order valence-corrected chi connectivity index (χ0v) is 29.2. The van der Waals surface area contributed by atoms with Crippen LogP contribution in [0.3, 0.4) is 0 Å². The molecule has 0 aromatic heterocycles. The standard InChI is InChI=1S/C41H50FN3O5/c1-28(40(46)32-9-5-4-6-10-32)45(2)41(47)36(24-25-37(30-14-18-33(42)19-15-30)50-38-11-7-8-26-49-38)39(31-16-22-35(48-3)23-17-31)44-34-20-12-29(27-43)13-21-34/h4-6,9-10,12-23,28,36-40,44,46H,7-8,11,24-27,43H2,1-3H3/t28-,36+,37-,38?,39?,40+/m0/s1. The quantitative estimate of drug-likeness (QED) is 0.111. The van der Waals surface area contributed by atoms with Crippen LogP contribution < -0.4 is 15.8 Å². The Balaban J connectivity index is 1.51. The zero-order valence-electron chi connectivity index (χ0n) is 29.2. The smallest absolute Gasteiger partial charge is 0.228 e. The Morgan fingerprint density at radius 3 is 2.24 bits per heavy atom. The highest BCUT2D eigenvalue weighted by molar-refractivity contribution is 5.80. The minimum Gasteiger partial charge on any atom is -0.497 e. The van der Waals surface area contributed by atoms with E-state index in [-0.39, 0.29) is 18.0 Å². The lowest BCUT2D eigenvalue weighted by Gasteiger charge is -2.36. The van der Waals surface area contributed by atoms with Crippen LogP contribution in [-0.2, 0) is 20.8 Å². The Labute approximate surface area is 295 Å². The zero-order chi connectivity index (χ0) is 35.5. The van der Waals surface area contributed by atoms with Crippen LogP contribution in [0.25, 0.3) is 0 Å². The molecule has 4 N–H and O–H groups in total. The first-order chi connectivity index (χ1) is 24.3. The number of carbonyl (C=O) groups excluding carboxylic acids is 1. The van der Waals surface area contributed by atoms with Crippen LogP contribution in [0, 0.1) is 11.7 Å². The van der Waals surface area contributed by atoms with Crippen molar-refractivity contribution in [3.05, 3.63) is 131 Å². The molecule has 50 heavy (non-hydrogen) atoms. The second kappa shape index (κ2) is 18.1. The van der Waals surface area contributed by atoms with Gasteiger partial charge in [0.15, 0.2) is 6.29 Å². The van der Waals surface area contributed by atoms with Crippen LogP contribution in [0.5, 0.6) is 5.75 Å². The van der Waals surface area contributed by atoms with Crippen molar-refractivity contribution >= 4 is 11.6 Å². The first kappa shape index (κ1) is 37.0. The van der Waals surface area contributed by atoms with E-state index in [2.05, 4.69) is 5.32 Å². The summed E-state index contributed by atoms with van der Waals surface area (Å²) in [4.78, 5) is 16.5. The van der Waals surface area contributed by atoms with Crippen LogP contribution >= 0.6 is 0 Å². The van der Waals surface area contributed by atoms with Gasteiger partial charge in [-0.2, -0.15) is 0 Å². The van der Waals surface area contributed by atoms with Gasteiger partial charge in [-0.1, -0.05) is 66.7 Å². The molecule has 1 aliphatic rings. The van der Waals surface area contributed by atoms with E-state index in [4.69, 9.17) is 19.9 Å². The number of anilines is 1. The maximum absolute atomic E-state index is 14.9. The third kappa shape index (κ3) is 9.69. The molecule has 0 bridgehead atoms. The van der Waals surface area contributed by atoms with Gasteiger partial charge >= 0.3 is 0 Å². The van der Waals surface area contributed by atoms with Gasteiger partial charge in [-0.15, -0.1) is 0 Å². The molecule has 4 aromatic carbocycles. The van der Waals surface area contributed by atoms with E-state index < -0.39 is 30.2 Å². The molecule has 0 aliphatic carbocycles. The second-order valence-electron chi connectivity index (χ2n) is 13.0. The molecule has 8 nitrogen and oxygen atoms in total. The third-order valence-corrected chi connectivity index (χ3v) is 9.70. The van der Waals surface area contributed by atoms with Gasteiger partial charge in [0, 0.05) is 25.9 Å². The van der Waals surface area contributed by atoms with Crippen molar-refractivity contribution in [3.63, 3.8) is 0 Å². The van der Waals surface area contributed by atoms with Gasteiger partial charge < -0.3 is 35.3 Å². The van der Waals surface area contributed by atoms with E-state index in [1.54, 1.807) is 31.2 Å². The van der Waals surface area contributed by atoms with Crippen molar-refractivity contribution in [2.24, 2.45) is 11.7 Å². The SMILES string of the molecule is COc1ccc(C(Nc2ccc(CN)cc2)[C@@H](CC[C@H](OC2CCCCO2)c2ccc(F)cc2)C(=O)N(C)[C@@H](C)[C@@H](O)c2ccccc2)cc1. The summed E-state index contributed by atoms with van der Waals surface area (Å²) in [6.45, 7) is 2.91. The lowest BCUT2D eigenvalue weighted by Crippen LogP contribution is -2.45. The summed E-state index contributed by atoms with van der Waals surface area (Å²) in [7, 11) is 3.37. The fourth-order valence-electron chi connectivity index (χ4n) is 6.50.